The van der Waals surface area contributed by atoms with E-state index in [-0.39, 0.29) is 0 Å². The van der Waals surface area contributed by atoms with E-state index in [1.165, 1.54) is 6.20 Å². The summed E-state index contributed by atoms with van der Waals surface area (Å²) in [6, 6.07) is 15.1. The SMILES string of the molecule is O=C(C=CN1c2ccccc2CCc2ccccc21)C(F)(F)F. The molecule has 2 nitrogen and oxygen atoms in total. The number of aryl methyl sites for hydroxylation is 2. The lowest BCUT2D eigenvalue weighted by atomic mass is 10.0. The average Bonchev–Trinajstić information content (AvgIpc) is 2.69. The van der Waals surface area contributed by atoms with Crippen molar-refractivity contribution in [2.45, 2.75) is 19.0 Å². The maximum absolute atomic E-state index is 12.5. The molecule has 0 N–H and O–H groups in total. The van der Waals surface area contributed by atoms with E-state index in [0.29, 0.717) is 6.08 Å². The number of carbonyl (C=O) groups is 1. The van der Waals surface area contributed by atoms with Gasteiger partial charge in [0.1, 0.15) is 0 Å². The molecule has 0 amide bonds. The van der Waals surface area contributed by atoms with Crippen LogP contribution in [-0.2, 0) is 17.6 Å². The quantitative estimate of drug-likeness (QED) is 0.756. The first-order valence-electron chi connectivity index (χ1n) is 7.21. The highest BCUT2D eigenvalue weighted by Gasteiger charge is 2.36. The Labute approximate surface area is 131 Å². The van der Waals surface area contributed by atoms with Crippen LogP contribution in [0.15, 0.2) is 60.8 Å². The van der Waals surface area contributed by atoms with Gasteiger partial charge in [-0.3, -0.25) is 4.79 Å². The van der Waals surface area contributed by atoms with Crippen molar-refractivity contribution in [2.24, 2.45) is 0 Å². The average molecular weight is 317 g/mol. The number of carbonyl (C=O) groups excluding carboxylic acids is 1. The summed E-state index contributed by atoms with van der Waals surface area (Å²) >= 11 is 0. The standard InChI is InChI=1S/C18H14F3NO/c19-18(20,21)17(23)11-12-22-15-7-3-1-5-13(15)9-10-14-6-2-4-8-16(14)22/h1-8,11-12H,9-10H2. The molecular weight excluding hydrogens is 303 g/mol. The van der Waals surface area contributed by atoms with Crippen molar-refractivity contribution < 1.29 is 18.0 Å². The Bertz CT molecular complexity index is 717. The number of fused-ring (bicyclic) bond motifs is 2. The summed E-state index contributed by atoms with van der Waals surface area (Å²) in [6.45, 7) is 0. The molecule has 0 atom stereocenters. The number of allylic oxidation sites excluding steroid dienone is 1. The van der Waals surface area contributed by atoms with Gasteiger partial charge in [-0.15, -0.1) is 0 Å². The second-order valence-corrected chi connectivity index (χ2v) is 5.31. The zero-order valence-electron chi connectivity index (χ0n) is 12.2. The van der Waals surface area contributed by atoms with Gasteiger partial charge in [0.25, 0.3) is 5.78 Å². The second-order valence-electron chi connectivity index (χ2n) is 5.31. The van der Waals surface area contributed by atoms with Crippen LogP contribution in [0, 0.1) is 0 Å². The van der Waals surface area contributed by atoms with Crippen LogP contribution in [0.25, 0.3) is 0 Å². The fourth-order valence-corrected chi connectivity index (χ4v) is 2.71. The Morgan fingerprint density at radius 3 is 1.87 bits per heavy atom. The van der Waals surface area contributed by atoms with Gasteiger partial charge in [-0.05, 0) is 36.1 Å². The Hall–Kier alpha value is -2.56. The molecule has 0 saturated carbocycles. The van der Waals surface area contributed by atoms with E-state index in [2.05, 4.69) is 0 Å². The Morgan fingerprint density at radius 1 is 0.913 bits per heavy atom. The molecule has 5 heteroatoms. The van der Waals surface area contributed by atoms with Crippen molar-refractivity contribution in [2.75, 3.05) is 4.90 Å². The van der Waals surface area contributed by atoms with Crippen LogP contribution in [-0.4, -0.2) is 12.0 Å². The lowest BCUT2D eigenvalue weighted by molar-refractivity contribution is -0.165. The smallest absolute Gasteiger partial charge is 0.317 e. The van der Waals surface area contributed by atoms with E-state index in [4.69, 9.17) is 0 Å². The zero-order valence-corrected chi connectivity index (χ0v) is 12.2. The Kier molecular flexibility index (Phi) is 3.94. The first-order chi connectivity index (χ1) is 11.0. The molecule has 23 heavy (non-hydrogen) atoms. The minimum absolute atomic E-state index is 0.582. The third-order valence-electron chi connectivity index (χ3n) is 3.82. The van der Waals surface area contributed by atoms with Crippen LogP contribution < -0.4 is 4.90 Å². The van der Waals surface area contributed by atoms with E-state index in [9.17, 15) is 18.0 Å². The highest BCUT2D eigenvalue weighted by atomic mass is 19.4. The first-order valence-corrected chi connectivity index (χ1v) is 7.21. The zero-order chi connectivity index (χ0) is 16.4. The molecule has 1 aliphatic heterocycles. The van der Waals surface area contributed by atoms with Gasteiger partial charge in [0.05, 0.1) is 0 Å². The molecule has 2 aromatic rings. The Balaban J connectivity index is 2.07. The maximum Gasteiger partial charge on any atom is 0.454 e. The molecule has 1 heterocycles. The van der Waals surface area contributed by atoms with Gasteiger partial charge < -0.3 is 4.90 Å². The van der Waals surface area contributed by atoms with E-state index >= 15 is 0 Å². The molecule has 0 aliphatic carbocycles. The molecule has 0 aromatic heterocycles. The molecule has 2 aromatic carbocycles. The Morgan fingerprint density at radius 2 is 1.39 bits per heavy atom. The van der Waals surface area contributed by atoms with Crippen LogP contribution in [0.3, 0.4) is 0 Å². The predicted octanol–water partition coefficient (Wildman–Crippen LogP) is 4.57. The van der Waals surface area contributed by atoms with Crippen LogP contribution in [0.5, 0.6) is 0 Å². The number of para-hydroxylation sites is 2. The lowest BCUT2D eigenvalue weighted by Crippen LogP contribution is -2.21. The summed E-state index contributed by atoms with van der Waals surface area (Å²) in [6.07, 6.45) is -1.48. The summed E-state index contributed by atoms with van der Waals surface area (Å²) in [5.41, 5.74) is 3.66. The summed E-state index contributed by atoms with van der Waals surface area (Å²) in [5, 5.41) is 0. The van der Waals surface area contributed by atoms with Crippen molar-refractivity contribution in [3.63, 3.8) is 0 Å². The number of alkyl halides is 3. The number of halogens is 3. The van der Waals surface area contributed by atoms with Crippen molar-refractivity contribution in [3.05, 3.63) is 71.9 Å². The van der Waals surface area contributed by atoms with Gasteiger partial charge in [0, 0.05) is 23.7 Å². The largest absolute Gasteiger partial charge is 0.454 e. The second kappa shape index (κ2) is 5.91. The molecule has 0 spiro atoms. The molecule has 0 radical (unpaired) electrons. The fourth-order valence-electron chi connectivity index (χ4n) is 2.71. The number of hydrogen-bond acceptors (Lipinski definition) is 2. The fraction of sp³-hybridized carbons (Fsp3) is 0.167. The van der Waals surface area contributed by atoms with Crippen molar-refractivity contribution in [1.82, 2.24) is 0 Å². The van der Waals surface area contributed by atoms with E-state index < -0.39 is 12.0 Å². The number of hydrogen-bond donors (Lipinski definition) is 0. The van der Waals surface area contributed by atoms with Gasteiger partial charge in [-0.2, -0.15) is 13.2 Å². The molecule has 0 fully saturated rings. The minimum atomic E-state index is -4.86. The third kappa shape index (κ3) is 3.13. The number of nitrogens with zero attached hydrogens (tertiary/aromatic N) is 1. The lowest BCUT2D eigenvalue weighted by Gasteiger charge is -2.23. The highest BCUT2D eigenvalue weighted by molar-refractivity contribution is 5.95. The van der Waals surface area contributed by atoms with Crippen LogP contribution in [0.2, 0.25) is 0 Å². The third-order valence-corrected chi connectivity index (χ3v) is 3.82. The van der Waals surface area contributed by atoms with Crippen molar-refractivity contribution in [3.8, 4) is 0 Å². The molecule has 1 aliphatic rings. The van der Waals surface area contributed by atoms with Gasteiger partial charge >= 0.3 is 6.18 Å². The van der Waals surface area contributed by atoms with Gasteiger partial charge in [-0.25, -0.2) is 0 Å². The van der Waals surface area contributed by atoms with Crippen LogP contribution in [0.4, 0.5) is 24.5 Å². The maximum atomic E-state index is 12.5. The number of ketones is 1. The van der Waals surface area contributed by atoms with E-state index in [1.807, 2.05) is 48.5 Å². The van der Waals surface area contributed by atoms with Crippen molar-refractivity contribution >= 4 is 17.2 Å². The number of rotatable bonds is 2. The first kappa shape index (κ1) is 15.3. The van der Waals surface area contributed by atoms with Crippen molar-refractivity contribution in [1.29, 1.82) is 0 Å². The predicted molar refractivity (Wildman–Crippen MR) is 82.6 cm³/mol. The summed E-state index contributed by atoms with van der Waals surface area (Å²) in [7, 11) is 0. The molecule has 3 rings (SSSR count). The minimum Gasteiger partial charge on any atom is -0.317 e. The summed E-state index contributed by atoms with van der Waals surface area (Å²) < 4.78 is 37.4. The molecule has 118 valence electrons. The van der Waals surface area contributed by atoms with E-state index in [0.717, 1.165) is 35.3 Å². The molecule has 0 unspecified atom stereocenters. The summed E-state index contributed by atoms with van der Waals surface area (Å²) in [5.74, 6) is -1.86. The van der Waals surface area contributed by atoms with E-state index in [1.54, 1.807) is 4.90 Å². The van der Waals surface area contributed by atoms with Crippen LogP contribution in [0.1, 0.15) is 11.1 Å². The normalized spacial score (nSPS) is 14.3. The topological polar surface area (TPSA) is 20.3 Å². The van der Waals surface area contributed by atoms with Crippen LogP contribution >= 0.6 is 0 Å². The molecule has 0 bridgehead atoms. The summed E-state index contributed by atoms with van der Waals surface area (Å²) in [4.78, 5) is 12.8. The molecule has 0 saturated heterocycles. The number of anilines is 2. The van der Waals surface area contributed by atoms with Gasteiger partial charge in [0.2, 0.25) is 0 Å². The van der Waals surface area contributed by atoms with Gasteiger partial charge in [-0.1, -0.05) is 36.4 Å². The number of benzene rings is 2. The monoisotopic (exact) mass is 317 g/mol. The molecular formula is C18H14F3NO. The highest BCUT2D eigenvalue weighted by Crippen LogP contribution is 2.36. The van der Waals surface area contributed by atoms with Gasteiger partial charge in [0.15, 0.2) is 0 Å².